The van der Waals surface area contributed by atoms with Crippen LogP contribution >= 0.6 is 11.3 Å². The molecule has 3 N–H and O–H groups in total. The fourth-order valence-electron chi connectivity index (χ4n) is 3.32. The summed E-state index contributed by atoms with van der Waals surface area (Å²) >= 11 is 1.59. The van der Waals surface area contributed by atoms with Crippen molar-refractivity contribution < 1.29 is 14.3 Å². The predicted octanol–water partition coefficient (Wildman–Crippen LogP) is 4.40. The van der Waals surface area contributed by atoms with E-state index in [0.29, 0.717) is 6.54 Å². The van der Waals surface area contributed by atoms with Crippen LogP contribution in [0.2, 0.25) is 0 Å². The zero-order valence-electron chi connectivity index (χ0n) is 17.0. The normalized spacial score (nSPS) is 11.5. The molecule has 156 valence electrons. The molecule has 1 atom stereocenters. The molecule has 0 aliphatic carbocycles. The molecule has 3 amide bonds. The van der Waals surface area contributed by atoms with E-state index in [4.69, 9.17) is 10.5 Å². The van der Waals surface area contributed by atoms with Crippen molar-refractivity contribution in [3.63, 3.8) is 0 Å². The summed E-state index contributed by atoms with van der Waals surface area (Å²) in [4.78, 5) is 27.8. The lowest BCUT2D eigenvalue weighted by Crippen LogP contribution is -2.38. The Bertz CT molecular complexity index is 987. The minimum atomic E-state index is -0.662. The summed E-state index contributed by atoms with van der Waals surface area (Å²) in [5, 5.41) is 4.71. The van der Waals surface area contributed by atoms with Crippen LogP contribution < -0.4 is 20.7 Å². The van der Waals surface area contributed by atoms with E-state index in [1.165, 1.54) is 0 Å². The van der Waals surface area contributed by atoms with Gasteiger partial charge in [-0.15, -0.1) is 11.3 Å². The Kier molecular flexibility index (Phi) is 7.08. The minimum absolute atomic E-state index is 0.0885. The van der Waals surface area contributed by atoms with Crippen LogP contribution in [0.4, 0.5) is 10.5 Å². The summed E-state index contributed by atoms with van der Waals surface area (Å²) in [5.41, 5.74) is 8.01. The van der Waals surface area contributed by atoms with Crippen molar-refractivity contribution in [2.45, 2.75) is 25.9 Å². The summed E-state index contributed by atoms with van der Waals surface area (Å²) < 4.78 is 5.23. The van der Waals surface area contributed by atoms with Crippen molar-refractivity contribution >= 4 is 29.0 Å². The lowest BCUT2D eigenvalue weighted by Gasteiger charge is -2.26. The van der Waals surface area contributed by atoms with Crippen LogP contribution in [0.25, 0.3) is 0 Å². The summed E-state index contributed by atoms with van der Waals surface area (Å²) in [6.07, 6.45) is 0.0885. The van der Waals surface area contributed by atoms with Gasteiger partial charge in [0.05, 0.1) is 26.1 Å². The summed E-state index contributed by atoms with van der Waals surface area (Å²) in [6.45, 7) is 2.39. The number of amides is 3. The third kappa shape index (κ3) is 5.39. The average molecular weight is 424 g/mol. The molecular weight excluding hydrogens is 398 g/mol. The molecule has 0 bridgehead atoms. The van der Waals surface area contributed by atoms with Crippen molar-refractivity contribution in [1.29, 1.82) is 0 Å². The number of anilines is 1. The van der Waals surface area contributed by atoms with Gasteiger partial charge in [-0.2, -0.15) is 0 Å². The number of nitrogens with two attached hydrogens (primary N) is 1. The first-order valence-electron chi connectivity index (χ1n) is 9.56. The van der Waals surface area contributed by atoms with Crippen molar-refractivity contribution in [3.8, 4) is 5.75 Å². The van der Waals surface area contributed by atoms with Gasteiger partial charge in [-0.3, -0.25) is 4.79 Å². The second kappa shape index (κ2) is 9.93. The number of carbonyl (C=O) groups excluding carboxylic acids is 2. The minimum Gasteiger partial charge on any atom is -0.497 e. The van der Waals surface area contributed by atoms with Crippen LogP contribution in [0.5, 0.6) is 5.75 Å². The van der Waals surface area contributed by atoms with Crippen LogP contribution in [0.15, 0.2) is 66.0 Å². The Morgan fingerprint density at radius 3 is 2.43 bits per heavy atom. The van der Waals surface area contributed by atoms with Gasteiger partial charge >= 0.3 is 6.03 Å². The summed E-state index contributed by atoms with van der Waals surface area (Å²) in [5.74, 6) is 0.603. The van der Waals surface area contributed by atoms with Gasteiger partial charge in [0.25, 0.3) is 0 Å². The Morgan fingerprint density at radius 2 is 1.83 bits per heavy atom. The molecule has 6 nitrogen and oxygen atoms in total. The van der Waals surface area contributed by atoms with Crippen LogP contribution in [0, 0.1) is 6.92 Å². The molecule has 3 aromatic rings. The first-order chi connectivity index (χ1) is 14.5. The Hall–Kier alpha value is -3.32. The number of nitrogens with zero attached hydrogens (tertiary/aromatic N) is 1. The molecule has 0 spiro atoms. The highest BCUT2D eigenvalue weighted by molar-refractivity contribution is 7.09. The number of rotatable bonds is 8. The predicted molar refractivity (Wildman–Crippen MR) is 120 cm³/mol. The van der Waals surface area contributed by atoms with Crippen LogP contribution in [0.1, 0.15) is 28.5 Å². The van der Waals surface area contributed by atoms with Crippen LogP contribution in [0.3, 0.4) is 0 Å². The number of primary amides is 1. The van der Waals surface area contributed by atoms with Crippen molar-refractivity contribution in [2.75, 3.05) is 12.0 Å². The second-order valence-corrected chi connectivity index (χ2v) is 7.91. The molecule has 0 saturated carbocycles. The zero-order chi connectivity index (χ0) is 21.5. The number of ether oxygens (including phenoxy) is 1. The SMILES string of the molecule is COc1ccc(N(Cc2cccs2)C(=O)CC(NC(N)=O)c2ccccc2C)cc1. The van der Waals surface area contributed by atoms with E-state index in [9.17, 15) is 9.59 Å². The third-order valence-electron chi connectivity index (χ3n) is 4.84. The van der Waals surface area contributed by atoms with Gasteiger partial charge in [-0.1, -0.05) is 30.3 Å². The number of carbonyl (C=O) groups is 2. The first-order valence-corrected chi connectivity index (χ1v) is 10.4. The number of benzene rings is 2. The van der Waals surface area contributed by atoms with Gasteiger partial charge in [0, 0.05) is 10.6 Å². The van der Waals surface area contributed by atoms with Crippen LogP contribution in [-0.4, -0.2) is 19.0 Å². The second-order valence-electron chi connectivity index (χ2n) is 6.88. The first kappa shape index (κ1) is 21.4. The van der Waals surface area contributed by atoms with Gasteiger partial charge in [-0.05, 0) is 53.8 Å². The molecule has 0 fully saturated rings. The van der Waals surface area contributed by atoms with Crippen LogP contribution in [-0.2, 0) is 11.3 Å². The van der Waals surface area contributed by atoms with Crippen molar-refractivity contribution in [2.24, 2.45) is 5.73 Å². The largest absolute Gasteiger partial charge is 0.497 e. The van der Waals surface area contributed by atoms with Gasteiger partial charge in [0.1, 0.15) is 5.75 Å². The van der Waals surface area contributed by atoms with E-state index in [0.717, 1.165) is 27.4 Å². The van der Waals surface area contributed by atoms with E-state index < -0.39 is 12.1 Å². The van der Waals surface area contributed by atoms with Crippen molar-refractivity contribution in [1.82, 2.24) is 5.32 Å². The lowest BCUT2D eigenvalue weighted by molar-refractivity contribution is -0.119. The highest BCUT2D eigenvalue weighted by Crippen LogP contribution is 2.27. The monoisotopic (exact) mass is 423 g/mol. The molecule has 30 heavy (non-hydrogen) atoms. The Labute approximate surface area is 180 Å². The number of thiophene rings is 1. The molecule has 0 radical (unpaired) electrons. The molecule has 0 aliphatic rings. The fourth-order valence-corrected chi connectivity index (χ4v) is 4.01. The van der Waals surface area contributed by atoms with E-state index in [1.807, 2.05) is 73.0 Å². The number of hydrogen-bond donors (Lipinski definition) is 2. The van der Waals surface area contributed by atoms with Gasteiger partial charge in [-0.25, -0.2) is 4.79 Å². The molecule has 1 aromatic heterocycles. The molecule has 0 aliphatic heterocycles. The number of aryl methyl sites for hydroxylation is 1. The van der Waals surface area contributed by atoms with Gasteiger partial charge < -0.3 is 20.7 Å². The smallest absolute Gasteiger partial charge is 0.312 e. The molecule has 1 heterocycles. The Balaban J connectivity index is 1.89. The zero-order valence-corrected chi connectivity index (χ0v) is 17.8. The summed E-state index contributed by atoms with van der Waals surface area (Å²) in [7, 11) is 1.60. The van der Waals surface area contributed by atoms with E-state index in [1.54, 1.807) is 23.3 Å². The quantitative estimate of drug-likeness (QED) is 0.563. The lowest BCUT2D eigenvalue weighted by atomic mass is 9.98. The number of nitrogens with one attached hydrogen (secondary N) is 1. The third-order valence-corrected chi connectivity index (χ3v) is 5.70. The average Bonchev–Trinajstić information content (AvgIpc) is 3.25. The highest BCUT2D eigenvalue weighted by atomic mass is 32.1. The maximum atomic E-state index is 13.4. The van der Waals surface area contributed by atoms with Crippen molar-refractivity contribution in [3.05, 3.63) is 82.0 Å². The van der Waals surface area contributed by atoms with E-state index in [2.05, 4.69) is 5.32 Å². The Morgan fingerprint density at radius 1 is 1.10 bits per heavy atom. The van der Waals surface area contributed by atoms with E-state index in [-0.39, 0.29) is 12.3 Å². The molecule has 1 unspecified atom stereocenters. The molecule has 0 saturated heterocycles. The number of hydrogen-bond acceptors (Lipinski definition) is 4. The topological polar surface area (TPSA) is 84.7 Å². The molecule has 3 rings (SSSR count). The standard InChI is InChI=1S/C23H25N3O3S/c1-16-6-3-4-8-20(16)21(25-23(24)28)14-22(27)26(15-19-7-5-13-30-19)17-9-11-18(29-2)12-10-17/h3-13,21H,14-15H2,1-2H3,(H3,24,25,28). The maximum Gasteiger partial charge on any atom is 0.312 e. The van der Waals surface area contributed by atoms with E-state index >= 15 is 0 Å². The molecular formula is C23H25N3O3S. The molecule has 7 heteroatoms. The fraction of sp³-hybridized carbons (Fsp3) is 0.217. The summed E-state index contributed by atoms with van der Waals surface area (Å²) in [6, 6.07) is 17.8. The number of methoxy groups -OCH3 is 1. The highest BCUT2D eigenvalue weighted by Gasteiger charge is 2.24. The maximum absolute atomic E-state index is 13.4. The van der Waals surface area contributed by atoms with Gasteiger partial charge in [0.15, 0.2) is 0 Å². The molecule has 2 aromatic carbocycles. The number of urea groups is 1. The van der Waals surface area contributed by atoms with Gasteiger partial charge in [0.2, 0.25) is 5.91 Å².